The van der Waals surface area contributed by atoms with Crippen LogP contribution in [0, 0.1) is 5.92 Å². The fraction of sp³-hybridized carbons (Fsp3) is 0.455. The van der Waals surface area contributed by atoms with Gasteiger partial charge in [0.15, 0.2) is 0 Å². The third-order valence-electron chi connectivity index (χ3n) is 1.92. The lowest BCUT2D eigenvalue weighted by Gasteiger charge is -2.06. The molecule has 0 aliphatic heterocycles. The van der Waals surface area contributed by atoms with Crippen molar-refractivity contribution in [3.63, 3.8) is 0 Å². The first-order valence-corrected chi connectivity index (χ1v) is 4.53. The minimum absolute atomic E-state index is 0.506. The van der Waals surface area contributed by atoms with Gasteiger partial charge in [0, 0.05) is 5.03 Å². The molecule has 0 fully saturated rings. The topological polar surface area (TPSA) is 0 Å². The van der Waals surface area contributed by atoms with E-state index in [4.69, 9.17) is 11.6 Å². The van der Waals surface area contributed by atoms with Crippen LogP contribution in [0.2, 0.25) is 0 Å². The second-order valence-corrected chi connectivity index (χ2v) is 3.69. The summed E-state index contributed by atoms with van der Waals surface area (Å²) in [6.07, 6.45) is 3.75. The van der Waals surface area contributed by atoms with E-state index in [2.05, 4.69) is 27.4 Å². The summed E-state index contributed by atoms with van der Waals surface area (Å²) in [6, 6.07) is 0. The van der Waals surface area contributed by atoms with Crippen molar-refractivity contribution in [1.82, 2.24) is 0 Å². The molecular weight excluding hydrogens is 168 g/mol. The van der Waals surface area contributed by atoms with Gasteiger partial charge in [-0.05, 0) is 25.8 Å². The van der Waals surface area contributed by atoms with E-state index in [1.54, 1.807) is 6.08 Å². The molecule has 0 spiro atoms. The van der Waals surface area contributed by atoms with Gasteiger partial charge in [0.2, 0.25) is 0 Å². The molecule has 0 saturated heterocycles. The smallest absolute Gasteiger partial charge is 0.0400 e. The monoisotopic (exact) mass is 184 g/mol. The Morgan fingerprint density at radius 3 is 2.17 bits per heavy atom. The molecule has 0 atom stereocenters. The molecule has 0 aromatic rings. The van der Waals surface area contributed by atoms with E-state index in [1.165, 1.54) is 5.57 Å². The van der Waals surface area contributed by atoms with Gasteiger partial charge in [-0.1, -0.05) is 49.2 Å². The molecule has 0 saturated carbocycles. The Hall–Kier alpha value is -0.490. The lowest BCUT2D eigenvalue weighted by Crippen LogP contribution is -1.90. The molecule has 1 heteroatoms. The Morgan fingerprint density at radius 1 is 1.33 bits per heavy atom. The highest BCUT2D eigenvalue weighted by atomic mass is 35.5. The maximum atomic E-state index is 6.06. The second-order valence-electron chi connectivity index (χ2n) is 3.28. The average molecular weight is 185 g/mol. The van der Waals surface area contributed by atoms with Crippen molar-refractivity contribution in [3.8, 4) is 0 Å². The summed E-state index contributed by atoms with van der Waals surface area (Å²) in [6.45, 7) is 12.0. The zero-order chi connectivity index (χ0) is 9.72. The quantitative estimate of drug-likeness (QED) is 0.575. The fourth-order valence-corrected chi connectivity index (χ4v) is 1.04. The first kappa shape index (κ1) is 11.5. The largest absolute Gasteiger partial charge is 0.0988 e. The summed E-state index contributed by atoms with van der Waals surface area (Å²) in [5.41, 5.74) is 2.32. The zero-order valence-electron chi connectivity index (χ0n) is 8.32. The summed E-state index contributed by atoms with van der Waals surface area (Å²) in [4.78, 5) is 0. The summed E-state index contributed by atoms with van der Waals surface area (Å²) in [5.74, 6) is 0.506. The first-order chi connectivity index (χ1) is 5.49. The minimum Gasteiger partial charge on any atom is -0.0988 e. The predicted molar refractivity (Wildman–Crippen MR) is 57.3 cm³/mol. The summed E-state index contributed by atoms with van der Waals surface area (Å²) in [5, 5.41) is 0.836. The molecule has 0 radical (unpaired) electrons. The van der Waals surface area contributed by atoms with Crippen LogP contribution in [0.1, 0.15) is 27.7 Å². The Bertz CT molecular complexity index is 219. The van der Waals surface area contributed by atoms with Gasteiger partial charge in [0.05, 0.1) is 0 Å². The number of allylic oxidation sites excluding steroid dienone is 5. The molecule has 0 nitrogen and oxygen atoms in total. The zero-order valence-corrected chi connectivity index (χ0v) is 9.07. The van der Waals surface area contributed by atoms with Crippen LogP contribution in [0.15, 0.2) is 34.9 Å². The van der Waals surface area contributed by atoms with E-state index >= 15 is 0 Å². The predicted octanol–water partition coefficient (Wildman–Crippen LogP) is 4.29. The van der Waals surface area contributed by atoms with Gasteiger partial charge in [-0.25, -0.2) is 0 Å². The van der Waals surface area contributed by atoms with Crippen molar-refractivity contribution in [2.75, 3.05) is 0 Å². The fourth-order valence-electron chi connectivity index (χ4n) is 0.648. The second kappa shape index (κ2) is 5.21. The van der Waals surface area contributed by atoms with Gasteiger partial charge in [0.25, 0.3) is 0 Å². The molecule has 0 aliphatic rings. The minimum atomic E-state index is 0.506. The standard InChI is InChI=1S/C11H17Cl/c1-6-9(4)7-11(12)10(5)8(2)3/h6-8H,1H2,2-5H3/b9-7-,11-10-. The molecule has 0 aliphatic carbocycles. The molecule has 0 N–H and O–H groups in total. The molecule has 0 bridgehead atoms. The van der Waals surface area contributed by atoms with Crippen LogP contribution in [0.3, 0.4) is 0 Å². The third-order valence-corrected chi connectivity index (χ3v) is 2.33. The van der Waals surface area contributed by atoms with Crippen LogP contribution in [-0.4, -0.2) is 0 Å². The van der Waals surface area contributed by atoms with Gasteiger partial charge in [0.1, 0.15) is 0 Å². The molecule has 0 unspecified atom stereocenters. The van der Waals surface area contributed by atoms with Crippen LogP contribution in [0.4, 0.5) is 0 Å². The van der Waals surface area contributed by atoms with Crippen LogP contribution in [-0.2, 0) is 0 Å². The van der Waals surface area contributed by atoms with E-state index in [-0.39, 0.29) is 0 Å². The van der Waals surface area contributed by atoms with Gasteiger partial charge >= 0.3 is 0 Å². The number of halogens is 1. The van der Waals surface area contributed by atoms with Crippen LogP contribution in [0.25, 0.3) is 0 Å². The molecule has 0 rings (SSSR count). The Balaban J connectivity index is 4.68. The van der Waals surface area contributed by atoms with E-state index in [9.17, 15) is 0 Å². The van der Waals surface area contributed by atoms with Crippen molar-refractivity contribution < 1.29 is 0 Å². The highest BCUT2D eigenvalue weighted by Crippen LogP contribution is 2.19. The summed E-state index contributed by atoms with van der Waals surface area (Å²) >= 11 is 6.06. The molecule has 68 valence electrons. The SMILES string of the molecule is C=C/C(C)=C\C(Cl)=C(/C)C(C)C. The van der Waals surface area contributed by atoms with E-state index in [0.717, 1.165) is 10.6 Å². The highest BCUT2D eigenvalue weighted by Gasteiger charge is 2.00. The van der Waals surface area contributed by atoms with Crippen LogP contribution >= 0.6 is 11.6 Å². The van der Waals surface area contributed by atoms with Crippen LogP contribution < -0.4 is 0 Å². The maximum absolute atomic E-state index is 6.06. The van der Waals surface area contributed by atoms with E-state index < -0.39 is 0 Å². The lowest BCUT2D eigenvalue weighted by atomic mass is 10.0. The van der Waals surface area contributed by atoms with E-state index in [0.29, 0.717) is 5.92 Å². The van der Waals surface area contributed by atoms with Gasteiger partial charge in [-0.2, -0.15) is 0 Å². The van der Waals surface area contributed by atoms with Crippen molar-refractivity contribution in [2.45, 2.75) is 27.7 Å². The van der Waals surface area contributed by atoms with Crippen LogP contribution in [0.5, 0.6) is 0 Å². The lowest BCUT2D eigenvalue weighted by molar-refractivity contribution is 0.767. The van der Waals surface area contributed by atoms with Gasteiger partial charge in [-0.3, -0.25) is 0 Å². The number of hydrogen-bond donors (Lipinski definition) is 0. The van der Waals surface area contributed by atoms with E-state index in [1.807, 2.05) is 13.0 Å². The maximum Gasteiger partial charge on any atom is 0.0400 e. The van der Waals surface area contributed by atoms with Crippen molar-refractivity contribution in [2.24, 2.45) is 5.92 Å². The Morgan fingerprint density at radius 2 is 1.83 bits per heavy atom. The Labute approximate surface area is 80.6 Å². The number of rotatable bonds is 3. The Kier molecular flexibility index (Phi) is 5.00. The molecule has 0 heterocycles. The first-order valence-electron chi connectivity index (χ1n) is 4.16. The summed E-state index contributed by atoms with van der Waals surface area (Å²) < 4.78 is 0. The highest BCUT2D eigenvalue weighted by molar-refractivity contribution is 6.31. The normalized spacial score (nSPS) is 14.7. The van der Waals surface area contributed by atoms with Crippen molar-refractivity contribution in [1.29, 1.82) is 0 Å². The molecule has 12 heavy (non-hydrogen) atoms. The average Bonchev–Trinajstić information content (AvgIpc) is 2.02. The van der Waals surface area contributed by atoms with Gasteiger partial charge < -0.3 is 0 Å². The molecule has 0 amide bonds. The van der Waals surface area contributed by atoms with Crippen molar-refractivity contribution >= 4 is 11.6 Å². The number of hydrogen-bond acceptors (Lipinski definition) is 0. The van der Waals surface area contributed by atoms with Gasteiger partial charge in [-0.15, -0.1) is 0 Å². The molecule has 0 aromatic heterocycles. The third kappa shape index (κ3) is 3.77. The summed E-state index contributed by atoms with van der Waals surface area (Å²) in [7, 11) is 0. The molecule has 0 aromatic carbocycles. The van der Waals surface area contributed by atoms with Crippen molar-refractivity contribution in [3.05, 3.63) is 34.9 Å². The molecular formula is C11H17Cl.